The normalized spacial score (nSPS) is 11.9. The molecule has 7 heteroatoms. The smallest absolute Gasteiger partial charge is 0.266 e. The monoisotopic (exact) mass is 481 g/mol. The number of amides is 1. The molecule has 0 fully saturated rings. The Kier molecular flexibility index (Phi) is 6.25. The molecule has 6 nitrogen and oxygen atoms in total. The van der Waals surface area contributed by atoms with Crippen LogP contribution in [-0.4, -0.2) is 27.8 Å². The molecule has 0 saturated carbocycles. The van der Waals surface area contributed by atoms with Crippen molar-refractivity contribution in [3.8, 4) is 11.4 Å². The molecule has 1 N–H and O–H groups in total. The summed E-state index contributed by atoms with van der Waals surface area (Å²) in [7, 11) is 1.56. The van der Waals surface area contributed by atoms with Gasteiger partial charge in [0.05, 0.1) is 29.0 Å². The first-order valence-corrected chi connectivity index (χ1v) is 12.0. The lowest BCUT2D eigenvalue weighted by molar-refractivity contribution is -0.115. The lowest BCUT2D eigenvalue weighted by Crippen LogP contribution is -2.26. The molecule has 4 aromatic carbocycles. The van der Waals surface area contributed by atoms with Crippen LogP contribution in [0.1, 0.15) is 6.92 Å². The van der Waals surface area contributed by atoms with E-state index in [2.05, 4.69) is 5.32 Å². The van der Waals surface area contributed by atoms with E-state index in [0.29, 0.717) is 27.5 Å². The van der Waals surface area contributed by atoms with Crippen molar-refractivity contribution in [1.29, 1.82) is 0 Å². The molecular weight excluding hydrogens is 458 g/mol. The quantitative estimate of drug-likeness (QED) is 0.250. The molecule has 174 valence electrons. The number of aromatic nitrogens is 2. The number of anilines is 1. The summed E-state index contributed by atoms with van der Waals surface area (Å²) >= 11 is 1.23. The maximum Gasteiger partial charge on any atom is 0.266 e. The summed E-state index contributed by atoms with van der Waals surface area (Å²) in [6.45, 7) is 1.80. The molecule has 1 aromatic heterocycles. The highest BCUT2D eigenvalue weighted by Gasteiger charge is 2.22. The molecular formula is C28H23N3O3S. The molecule has 0 bridgehead atoms. The first-order valence-electron chi connectivity index (χ1n) is 11.2. The number of hydrogen-bond acceptors (Lipinski definition) is 5. The Labute approximate surface area is 206 Å². The number of rotatable bonds is 6. The molecule has 1 amide bonds. The van der Waals surface area contributed by atoms with Gasteiger partial charge in [0.25, 0.3) is 5.56 Å². The fourth-order valence-corrected chi connectivity index (χ4v) is 4.86. The van der Waals surface area contributed by atoms with E-state index in [0.717, 1.165) is 16.5 Å². The molecule has 0 radical (unpaired) electrons. The third kappa shape index (κ3) is 4.50. The largest absolute Gasteiger partial charge is 0.495 e. The third-order valence-electron chi connectivity index (χ3n) is 5.74. The van der Waals surface area contributed by atoms with Crippen LogP contribution in [0.5, 0.6) is 5.75 Å². The van der Waals surface area contributed by atoms with Crippen LogP contribution in [0.15, 0.2) is 101 Å². The van der Waals surface area contributed by atoms with Gasteiger partial charge in [0, 0.05) is 5.69 Å². The average molecular weight is 482 g/mol. The van der Waals surface area contributed by atoms with Crippen molar-refractivity contribution < 1.29 is 9.53 Å². The Morgan fingerprint density at radius 2 is 1.66 bits per heavy atom. The Morgan fingerprint density at radius 1 is 0.943 bits per heavy atom. The van der Waals surface area contributed by atoms with Crippen LogP contribution in [0.25, 0.3) is 27.4 Å². The van der Waals surface area contributed by atoms with Gasteiger partial charge < -0.3 is 10.1 Å². The topological polar surface area (TPSA) is 73.2 Å². The summed E-state index contributed by atoms with van der Waals surface area (Å²) in [5.41, 5.74) is 1.65. The van der Waals surface area contributed by atoms with Crippen molar-refractivity contribution in [1.82, 2.24) is 9.55 Å². The summed E-state index contributed by atoms with van der Waals surface area (Å²) in [4.78, 5) is 31.4. The number of nitrogens with zero attached hydrogens (tertiary/aromatic N) is 2. The average Bonchev–Trinajstić information content (AvgIpc) is 2.89. The van der Waals surface area contributed by atoms with E-state index in [1.54, 1.807) is 38.3 Å². The highest BCUT2D eigenvalue weighted by molar-refractivity contribution is 8.00. The van der Waals surface area contributed by atoms with E-state index in [4.69, 9.17) is 9.72 Å². The standard InChI is InChI=1S/C28H23N3O3S/c1-18(26(32)29-21-16-15-19-9-3-4-10-20(19)17-21)35-28-30-23-12-6-5-11-22(23)27(33)31(28)24-13-7-8-14-25(24)34-2/h3-18H,1-2H3,(H,29,32)/t18-/m0/s1. The van der Waals surface area contributed by atoms with E-state index in [-0.39, 0.29) is 11.5 Å². The van der Waals surface area contributed by atoms with Crippen LogP contribution in [0, 0.1) is 0 Å². The molecule has 0 saturated heterocycles. The van der Waals surface area contributed by atoms with Gasteiger partial charge in [-0.05, 0) is 54.1 Å². The maximum atomic E-state index is 13.5. The van der Waals surface area contributed by atoms with Crippen molar-refractivity contribution in [2.45, 2.75) is 17.3 Å². The number of ether oxygens (including phenoxy) is 1. The zero-order valence-corrected chi connectivity index (χ0v) is 20.1. The van der Waals surface area contributed by atoms with Gasteiger partial charge in [-0.3, -0.25) is 14.2 Å². The number of fused-ring (bicyclic) bond motifs is 2. The fraction of sp³-hybridized carbons (Fsp3) is 0.107. The molecule has 5 aromatic rings. The van der Waals surface area contributed by atoms with E-state index >= 15 is 0 Å². The molecule has 1 heterocycles. The lowest BCUT2D eigenvalue weighted by Gasteiger charge is -2.18. The van der Waals surface area contributed by atoms with Gasteiger partial charge >= 0.3 is 0 Å². The second-order valence-electron chi connectivity index (χ2n) is 8.04. The molecule has 35 heavy (non-hydrogen) atoms. The second-order valence-corrected chi connectivity index (χ2v) is 9.34. The Bertz CT molecular complexity index is 1610. The zero-order valence-electron chi connectivity index (χ0n) is 19.3. The number of thioether (sulfide) groups is 1. The van der Waals surface area contributed by atoms with Crippen molar-refractivity contribution in [3.63, 3.8) is 0 Å². The highest BCUT2D eigenvalue weighted by Crippen LogP contribution is 2.30. The van der Waals surface area contributed by atoms with Crippen LogP contribution < -0.4 is 15.6 Å². The first-order chi connectivity index (χ1) is 17.0. The summed E-state index contributed by atoms with van der Waals surface area (Å²) in [6.07, 6.45) is 0. The number of methoxy groups -OCH3 is 1. The van der Waals surface area contributed by atoms with Gasteiger partial charge in [-0.25, -0.2) is 4.98 Å². The Morgan fingerprint density at radius 3 is 2.49 bits per heavy atom. The molecule has 0 aliphatic rings. The molecule has 0 aliphatic heterocycles. The van der Waals surface area contributed by atoms with Gasteiger partial charge in [-0.15, -0.1) is 0 Å². The van der Waals surface area contributed by atoms with Gasteiger partial charge in [0.2, 0.25) is 5.91 Å². The summed E-state index contributed by atoms with van der Waals surface area (Å²) in [5.74, 6) is 0.362. The van der Waals surface area contributed by atoms with Crippen molar-refractivity contribution in [3.05, 3.63) is 101 Å². The predicted molar refractivity (Wildman–Crippen MR) is 142 cm³/mol. The number of para-hydroxylation sites is 3. The van der Waals surface area contributed by atoms with Crippen molar-refractivity contribution in [2.24, 2.45) is 0 Å². The van der Waals surface area contributed by atoms with Crippen LogP contribution >= 0.6 is 11.8 Å². The number of carbonyl (C=O) groups is 1. The van der Waals surface area contributed by atoms with Crippen molar-refractivity contribution in [2.75, 3.05) is 12.4 Å². The fourth-order valence-electron chi connectivity index (χ4n) is 3.94. The van der Waals surface area contributed by atoms with E-state index < -0.39 is 5.25 Å². The van der Waals surface area contributed by atoms with Crippen LogP contribution in [0.2, 0.25) is 0 Å². The lowest BCUT2D eigenvalue weighted by atomic mass is 10.1. The van der Waals surface area contributed by atoms with E-state index in [9.17, 15) is 9.59 Å². The maximum absolute atomic E-state index is 13.5. The van der Waals surface area contributed by atoms with Gasteiger partial charge in [0.15, 0.2) is 5.16 Å². The van der Waals surface area contributed by atoms with Crippen LogP contribution in [0.4, 0.5) is 5.69 Å². The molecule has 0 aliphatic carbocycles. The molecule has 5 rings (SSSR count). The Balaban J connectivity index is 1.51. The third-order valence-corrected chi connectivity index (χ3v) is 6.79. The molecule has 0 unspecified atom stereocenters. The number of carbonyl (C=O) groups excluding carboxylic acids is 1. The van der Waals surface area contributed by atoms with Gasteiger partial charge in [-0.1, -0.05) is 66.4 Å². The minimum Gasteiger partial charge on any atom is -0.495 e. The highest BCUT2D eigenvalue weighted by atomic mass is 32.2. The van der Waals surface area contributed by atoms with Crippen LogP contribution in [0.3, 0.4) is 0 Å². The van der Waals surface area contributed by atoms with Gasteiger partial charge in [0.1, 0.15) is 5.75 Å². The predicted octanol–water partition coefficient (Wildman–Crippen LogP) is 5.67. The first kappa shape index (κ1) is 22.7. The summed E-state index contributed by atoms with van der Waals surface area (Å²) in [6, 6.07) is 28.3. The second kappa shape index (κ2) is 9.64. The molecule has 1 atom stereocenters. The summed E-state index contributed by atoms with van der Waals surface area (Å²) < 4.78 is 7.03. The van der Waals surface area contributed by atoms with E-state index in [1.807, 2.05) is 66.7 Å². The minimum atomic E-state index is -0.518. The van der Waals surface area contributed by atoms with Gasteiger partial charge in [-0.2, -0.15) is 0 Å². The summed E-state index contributed by atoms with van der Waals surface area (Å²) in [5, 5.41) is 5.54. The SMILES string of the molecule is COc1ccccc1-n1c(S[C@@H](C)C(=O)Nc2ccc3ccccc3c2)nc2ccccc2c1=O. The number of hydrogen-bond donors (Lipinski definition) is 1. The minimum absolute atomic E-state index is 0.181. The Hall–Kier alpha value is -4.10. The number of benzene rings is 4. The molecule has 0 spiro atoms. The zero-order chi connectivity index (χ0) is 24.4. The number of nitrogens with one attached hydrogen (secondary N) is 1. The van der Waals surface area contributed by atoms with Crippen molar-refractivity contribution >= 4 is 45.0 Å². The van der Waals surface area contributed by atoms with E-state index in [1.165, 1.54) is 16.3 Å². The van der Waals surface area contributed by atoms with Crippen LogP contribution in [-0.2, 0) is 4.79 Å².